The van der Waals surface area contributed by atoms with E-state index in [9.17, 15) is 0 Å². The van der Waals surface area contributed by atoms with E-state index in [1.807, 2.05) is 17.8 Å². The van der Waals surface area contributed by atoms with Gasteiger partial charge in [-0.15, -0.1) is 0 Å². The number of nitrogens with one attached hydrogen (secondary N) is 1. The van der Waals surface area contributed by atoms with Crippen molar-refractivity contribution in [2.45, 2.75) is 12.6 Å². The highest BCUT2D eigenvalue weighted by atomic mass is 16.5. The van der Waals surface area contributed by atoms with Gasteiger partial charge in [-0.2, -0.15) is 5.10 Å². The van der Waals surface area contributed by atoms with Gasteiger partial charge in [0.15, 0.2) is 0 Å². The molecule has 0 aliphatic carbocycles. The SMILES string of the molecule is CN1CCOC(CNCc2nn(C)c3ccccc23)C1. The van der Waals surface area contributed by atoms with E-state index in [1.54, 1.807) is 0 Å². The lowest BCUT2D eigenvalue weighted by atomic mass is 10.2. The van der Waals surface area contributed by atoms with Gasteiger partial charge < -0.3 is 15.0 Å². The molecule has 3 rings (SSSR count). The lowest BCUT2D eigenvalue weighted by molar-refractivity contribution is -0.0182. The van der Waals surface area contributed by atoms with Gasteiger partial charge in [-0.25, -0.2) is 0 Å². The molecule has 1 saturated heterocycles. The number of nitrogens with zero attached hydrogens (tertiary/aromatic N) is 3. The third-order valence-corrected chi connectivity index (χ3v) is 3.84. The van der Waals surface area contributed by atoms with Gasteiger partial charge in [-0.3, -0.25) is 4.68 Å². The van der Waals surface area contributed by atoms with E-state index in [4.69, 9.17) is 4.74 Å². The zero-order chi connectivity index (χ0) is 13.9. The highest BCUT2D eigenvalue weighted by molar-refractivity contribution is 5.81. The highest BCUT2D eigenvalue weighted by Gasteiger charge is 2.17. The Kier molecular flexibility index (Phi) is 4.00. The Labute approximate surface area is 119 Å². The second kappa shape index (κ2) is 5.91. The summed E-state index contributed by atoms with van der Waals surface area (Å²) in [6, 6.07) is 8.34. The Bertz CT molecular complexity index is 580. The van der Waals surface area contributed by atoms with Crippen molar-refractivity contribution >= 4 is 10.9 Å². The van der Waals surface area contributed by atoms with Crippen molar-refractivity contribution in [1.29, 1.82) is 0 Å². The van der Waals surface area contributed by atoms with Crippen molar-refractivity contribution in [3.63, 3.8) is 0 Å². The standard InChI is InChI=1S/C15H22N4O/c1-18-7-8-20-12(11-18)9-16-10-14-13-5-3-4-6-15(13)19(2)17-14/h3-6,12,16H,7-11H2,1-2H3. The van der Waals surface area contributed by atoms with Crippen molar-refractivity contribution in [3.8, 4) is 0 Å². The maximum absolute atomic E-state index is 5.75. The number of rotatable bonds is 4. The number of morpholine rings is 1. The van der Waals surface area contributed by atoms with E-state index in [-0.39, 0.29) is 6.10 Å². The van der Waals surface area contributed by atoms with Crippen LogP contribution in [0.5, 0.6) is 0 Å². The van der Waals surface area contributed by atoms with Crippen LogP contribution in [0.25, 0.3) is 10.9 Å². The number of para-hydroxylation sites is 1. The summed E-state index contributed by atoms with van der Waals surface area (Å²) >= 11 is 0. The van der Waals surface area contributed by atoms with Crippen molar-refractivity contribution in [1.82, 2.24) is 20.0 Å². The summed E-state index contributed by atoms with van der Waals surface area (Å²) in [7, 11) is 4.13. The van der Waals surface area contributed by atoms with Crippen molar-refractivity contribution < 1.29 is 4.74 Å². The second-order valence-electron chi connectivity index (χ2n) is 5.47. The van der Waals surface area contributed by atoms with E-state index in [2.05, 4.69) is 40.6 Å². The van der Waals surface area contributed by atoms with Crippen molar-refractivity contribution in [2.75, 3.05) is 33.3 Å². The minimum atomic E-state index is 0.281. The summed E-state index contributed by atoms with van der Waals surface area (Å²) in [5, 5.41) is 9.29. The van der Waals surface area contributed by atoms with Crippen LogP contribution in [0.2, 0.25) is 0 Å². The molecule has 0 bridgehead atoms. The molecule has 5 nitrogen and oxygen atoms in total. The Balaban J connectivity index is 1.60. The van der Waals surface area contributed by atoms with Crippen LogP contribution in [-0.4, -0.2) is 54.1 Å². The smallest absolute Gasteiger partial charge is 0.0841 e. The molecule has 1 aliphatic rings. The molecule has 0 spiro atoms. The molecule has 1 unspecified atom stereocenters. The fourth-order valence-corrected chi connectivity index (χ4v) is 2.76. The first-order valence-corrected chi connectivity index (χ1v) is 7.15. The summed E-state index contributed by atoms with van der Waals surface area (Å²) in [4.78, 5) is 2.31. The fourth-order valence-electron chi connectivity index (χ4n) is 2.76. The van der Waals surface area contributed by atoms with Crippen LogP contribution in [0.4, 0.5) is 0 Å². The molecule has 1 fully saturated rings. The Morgan fingerprint density at radius 2 is 2.20 bits per heavy atom. The average Bonchev–Trinajstić information content (AvgIpc) is 2.77. The number of aromatic nitrogens is 2. The van der Waals surface area contributed by atoms with Gasteiger partial charge in [-0.05, 0) is 13.1 Å². The fraction of sp³-hybridized carbons (Fsp3) is 0.533. The number of fused-ring (bicyclic) bond motifs is 1. The lowest BCUT2D eigenvalue weighted by Crippen LogP contribution is -2.44. The summed E-state index contributed by atoms with van der Waals surface area (Å²) in [6.07, 6.45) is 0.281. The van der Waals surface area contributed by atoms with Crippen molar-refractivity contribution in [3.05, 3.63) is 30.0 Å². The van der Waals surface area contributed by atoms with Gasteiger partial charge in [0.1, 0.15) is 0 Å². The molecule has 0 radical (unpaired) electrons. The summed E-state index contributed by atoms with van der Waals surface area (Å²) < 4.78 is 7.69. The normalized spacial score (nSPS) is 20.6. The Hall–Kier alpha value is -1.43. The van der Waals surface area contributed by atoms with Crippen molar-refractivity contribution in [2.24, 2.45) is 7.05 Å². The first-order chi connectivity index (χ1) is 9.74. The Morgan fingerprint density at radius 3 is 3.05 bits per heavy atom. The average molecular weight is 274 g/mol. The maximum atomic E-state index is 5.75. The van der Waals surface area contributed by atoms with Gasteiger partial charge in [0.05, 0.1) is 23.9 Å². The number of benzene rings is 1. The van der Waals surface area contributed by atoms with E-state index in [0.29, 0.717) is 0 Å². The summed E-state index contributed by atoms with van der Waals surface area (Å²) in [6.45, 7) is 4.51. The van der Waals surface area contributed by atoms with Gasteiger partial charge >= 0.3 is 0 Å². The monoisotopic (exact) mass is 274 g/mol. The number of hydrogen-bond donors (Lipinski definition) is 1. The van der Waals surface area contributed by atoms with Crippen LogP contribution >= 0.6 is 0 Å². The molecular weight excluding hydrogens is 252 g/mol. The molecule has 2 heterocycles. The molecule has 1 aliphatic heterocycles. The topological polar surface area (TPSA) is 42.3 Å². The number of ether oxygens (including phenoxy) is 1. The van der Waals surface area contributed by atoms with Crippen LogP contribution in [0.1, 0.15) is 5.69 Å². The zero-order valence-electron chi connectivity index (χ0n) is 12.2. The summed E-state index contributed by atoms with van der Waals surface area (Å²) in [5.74, 6) is 0. The number of aryl methyl sites for hydroxylation is 1. The molecule has 1 N–H and O–H groups in total. The maximum Gasteiger partial charge on any atom is 0.0841 e. The van der Waals surface area contributed by atoms with Gasteiger partial charge in [-0.1, -0.05) is 18.2 Å². The van der Waals surface area contributed by atoms with Crippen LogP contribution in [-0.2, 0) is 18.3 Å². The second-order valence-corrected chi connectivity index (χ2v) is 5.47. The van der Waals surface area contributed by atoms with Gasteiger partial charge in [0.2, 0.25) is 0 Å². The van der Waals surface area contributed by atoms with Gasteiger partial charge in [0, 0.05) is 38.6 Å². The lowest BCUT2D eigenvalue weighted by Gasteiger charge is -2.30. The minimum absolute atomic E-state index is 0.281. The van der Waals surface area contributed by atoms with Crippen LogP contribution in [0, 0.1) is 0 Å². The predicted octanol–water partition coefficient (Wildman–Crippen LogP) is 0.993. The minimum Gasteiger partial charge on any atom is -0.374 e. The molecule has 1 aromatic heterocycles. The van der Waals surface area contributed by atoms with E-state index in [0.717, 1.165) is 38.5 Å². The van der Waals surface area contributed by atoms with E-state index in [1.165, 1.54) is 10.9 Å². The predicted molar refractivity (Wildman–Crippen MR) is 79.7 cm³/mol. The van der Waals surface area contributed by atoms with E-state index < -0.39 is 0 Å². The van der Waals surface area contributed by atoms with Crippen LogP contribution < -0.4 is 5.32 Å². The molecule has 1 atom stereocenters. The molecule has 0 saturated carbocycles. The van der Waals surface area contributed by atoms with Crippen LogP contribution in [0.3, 0.4) is 0 Å². The number of likely N-dealkylation sites (N-methyl/N-ethyl adjacent to an activating group) is 1. The quantitative estimate of drug-likeness (QED) is 0.903. The third kappa shape index (κ3) is 2.85. The molecular formula is C15H22N4O. The third-order valence-electron chi connectivity index (χ3n) is 3.84. The summed E-state index contributed by atoms with van der Waals surface area (Å²) in [5.41, 5.74) is 2.28. The molecule has 20 heavy (non-hydrogen) atoms. The first kappa shape index (κ1) is 13.5. The zero-order valence-corrected chi connectivity index (χ0v) is 12.2. The molecule has 2 aromatic rings. The van der Waals surface area contributed by atoms with Gasteiger partial charge in [0.25, 0.3) is 0 Å². The highest BCUT2D eigenvalue weighted by Crippen LogP contribution is 2.17. The van der Waals surface area contributed by atoms with E-state index >= 15 is 0 Å². The largest absolute Gasteiger partial charge is 0.374 e. The molecule has 5 heteroatoms. The molecule has 1 aromatic carbocycles. The number of hydrogen-bond acceptors (Lipinski definition) is 4. The van der Waals surface area contributed by atoms with Crippen LogP contribution in [0.15, 0.2) is 24.3 Å². The molecule has 0 amide bonds. The molecule has 108 valence electrons. The first-order valence-electron chi connectivity index (χ1n) is 7.15. The Morgan fingerprint density at radius 1 is 1.35 bits per heavy atom.